The first kappa shape index (κ1) is 44.2. The van der Waals surface area contributed by atoms with Crippen LogP contribution < -0.4 is 10.6 Å². The summed E-state index contributed by atoms with van der Waals surface area (Å²) in [4.78, 5) is 25.0. The van der Waals surface area contributed by atoms with Crippen molar-refractivity contribution < 1.29 is 26.4 Å². The number of nitrogens with one attached hydrogen (secondary N) is 2. The zero-order valence-electron chi connectivity index (χ0n) is 30.4. The molecule has 4 aromatic rings. The Labute approximate surface area is 353 Å². The predicted molar refractivity (Wildman–Crippen MR) is 222 cm³/mol. The van der Waals surface area contributed by atoms with Crippen LogP contribution in [0.3, 0.4) is 0 Å². The van der Waals surface area contributed by atoms with Gasteiger partial charge in [0.1, 0.15) is 0 Å². The predicted octanol–water partition coefficient (Wildman–Crippen LogP) is 8.38. The molecular weight excluding hydrogens is 862 g/mol. The van der Waals surface area contributed by atoms with Gasteiger partial charge in [-0.3, -0.25) is 9.59 Å². The van der Waals surface area contributed by atoms with Gasteiger partial charge in [-0.15, -0.1) is 0 Å². The van der Waals surface area contributed by atoms with Gasteiger partial charge in [0.15, 0.2) is 0 Å². The average Bonchev–Trinajstić information content (AvgIpc) is 3.17. The number of carbonyl (C=O) groups is 2. The number of piperidine rings is 2. The highest BCUT2D eigenvalue weighted by atomic mass is 35.5. The molecule has 0 aromatic heterocycles. The quantitative estimate of drug-likeness (QED) is 0.164. The zero-order chi connectivity index (χ0) is 40.6. The van der Waals surface area contributed by atoms with Crippen molar-refractivity contribution in [1.82, 2.24) is 19.2 Å². The Morgan fingerprint density at radius 3 is 1.20 bits per heavy atom. The molecule has 300 valence electrons. The van der Waals surface area contributed by atoms with Crippen LogP contribution in [0, 0.1) is 18.8 Å². The van der Waals surface area contributed by atoms with E-state index < -0.39 is 20.0 Å². The molecule has 2 aliphatic heterocycles. The van der Waals surface area contributed by atoms with Gasteiger partial charge in [0.05, 0.1) is 9.79 Å². The van der Waals surface area contributed by atoms with Crippen molar-refractivity contribution in [2.24, 2.45) is 11.8 Å². The molecule has 10 nitrogen and oxygen atoms in total. The molecule has 0 unspecified atom stereocenters. The number of carbonyl (C=O) groups excluding carboxylic acids is 2. The molecule has 2 aliphatic rings. The molecule has 4 aromatic carbocycles. The minimum absolute atomic E-state index is 0.0385. The minimum atomic E-state index is -3.70. The van der Waals surface area contributed by atoms with E-state index >= 15 is 0 Å². The summed E-state index contributed by atoms with van der Waals surface area (Å²) in [5.74, 6) is -0.525. The summed E-state index contributed by atoms with van der Waals surface area (Å²) in [7, 11) is -7.38. The summed E-state index contributed by atoms with van der Waals surface area (Å²) in [6.07, 6.45) is 1.88. The van der Waals surface area contributed by atoms with Crippen molar-refractivity contribution in [3.05, 3.63) is 127 Å². The first-order valence-electron chi connectivity index (χ1n) is 17.8. The molecule has 6 rings (SSSR count). The Balaban J connectivity index is 0.000000214. The number of amides is 2. The summed E-state index contributed by atoms with van der Waals surface area (Å²) in [5.41, 5.74) is 3.16. The number of nitrogens with zero attached hydrogens (tertiary/aromatic N) is 2. The number of hydrogen-bond acceptors (Lipinski definition) is 6. The van der Waals surface area contributed by atoms with E-state index in [1.807, 2.05) is 43.3 Å². The second-order valence-electron chi connectivity index (χ2n) is 13.6. The van der Waals surface area contributed by atoms with Crippen molar-refractivity contribution >= 4 is 89.9 Å². The maximum atomic E-state index is 12.8. The number of sulfonamides is 2. The molecule has 2 N–H and O–H groups in total. The molecule has 17 heteroatoms. The fourth-order valence-electron chi connectivity index (χ4n) is 6.34. The van der Waals surface area contributed by atoms with Crippen LogP contribution in [0.25, 0.3) is 0 Å². The van der Waals surface area contributed by atoms with E-state index in [0.717, 1.165) is 11.1 Å². The largest absolute Gasteiger partial charge is 0.352 e. The molecule has 0 spiro atoms. The topological polar surface area (TPSA) is 133 Å². The van der Waals surface area contributed by atoms with Crippen LogP contribution in [-0.2, 0) is 42.7 Å². The molecule has 2 saturated heterocycles. The normalized spacial score (nSPS) is 16.1. The van der Waals surface area contributed by atoms with Crippen LogP contribution in [0.1, 0.15) is 42.4 Å². The van der Waals surface area contributed by atoms with Gasteiger partial charge in [0.2, 0.25) is 31.9 Å². The van der Waals surface area contributed by atoms with Crippen LogP contribution in [0.15, 0.2) is 94.7 Å². The lowest BCUT2D eigenvalue weighted by Crippen LogP contribution is -2.42. The summed E-state index contributed by atoms with van der Waals surface area (Å²) >= 11 is 29.6. The highest BCUT2D eigenvalue weighted by Crippen LogP contribution is 2.30. The third kappa shape index (κ3) is 12.1. The van der Waals surface area contributed by atoms with Crippen LogP contribution in [0.2, 0.25) is 25.1 Å². The van der Waals surface area contributed by atoms with Gasteiger partial charge >= 0.3 is 0 Å². The Kier molecular flexibility index (Phi) is 15.5. The van der Waals surface area contributed by atoms with Crippen LogP contribution in [0.4, 0.5) is 0 Å². The van der Waals surface area contributed by atoms with Crippen LogP contribution in [0.5, 0.6) is 0 Å². The standard InChI is InChI=1S/C20H22Cl2N2O3S.C19H19Cl3N2O3S/c1-14-2-4-15(5-3-14)13-23-20(25)16-6-8-24(9-7-16)28(26,27)19-11-17(21)10-18(22)12-19;20-15-3-1-13(2-4-15)12-23-19(25)14-5-7-24(8-6-14)28(26,27)18-10-16(21)9-17(22)11-18/h2-5,10-12,16H,6-9,13H2,1H3,(H,23,25);1-4,9-11,14H,5-8,12H2,(H,23,25). The van der Waals surface area contributed by atoms with Crippen molar-refractivity contribution in [1.29, 1.82) is 0 Å². The maximum Gasteiger partial charge on any atom is 0.243 e. The van der Waals surface area contributed by atoms with Crippen molar-refractivity contribution in [2.45, 2.75) is 55.5 Å². The molecule has 0 radical (unpaired) electrons. The van der Waals surface area contributed by atoms with E-state index in [1.54, 1.807) is 12.1 Å². The van der Waals surface area contributed by atoms with E-state index in [9.17, 15) is 26.4 Å². The number of rotatable bonds is 10. The van der Waals surface area contributed by atoms with Crippen LogP contribution in [-0.4, -0.2) is 63.4 Å². The first-order valence-corrected chi connectivity index (χ1v) is 22.6. The Bertz CT molecular complexity index is 2030. The lowest BCUT2D eigenvalue weighted by atomic mass is 9.97. The molecular formula is C39H41Cl5N4O6S2. The lowest BCUT2D eigenvalue weighted by molar-refractivity contribution is -0.127. The fraction of sp³-hybridized carbons (Fsp3) is 0.333. The summed E-state index contributed by atoms with van der Waals surface area (Å²) in [6.45, 7) is 4.01. The Hall–Kier alpha value is -2.91. The van der Waals surface area contributed by atoms with Crippen molar-refractivity contribution in [3.63, 3.8) is 0 Å². The average molecular weight is 903 g/mol. The van der Waals surface area contributed by atoms with Gasteiger partial charge in [-0.25, -0.2) is 16.8 Å². The highest BCUT2D eigenvalue weighted by Gasteiger charge is 2.34. The first-order chi connectivity index (χ1) is 26.5. The lowest BCUT2D eigenvalue weighted by Gasteiger charge is -2.30. The molecule has 0 atom stereocenters. The minimum Gasteiger partial charge on any atom is -0.352 e. The Morgan fingerprint density at radius 2 is 0.857 bits per heavy atom. The molecule has 0 bridgehead atoms. The molecule has 2 heterocycles. The Morgan fingerprint density at radius 1 is 0.536 bits per heavy atom. The number of benzene rings is 4. The summed E-state index contributed by atoms with van der Waals surface area (Å²) < 4.78 is 54.0. The molecule has 2 amide bonds. The van der Waals surface area contributed by atoms with Gasteiger partial charge < -0.3 is 10.6 Å². The highest BCUT2D eigenvalue weighted by molar-refractivity contribution is 7.89. The van der Waals surface area contributed by atoms with E-state index in [0.29, 0.717) is 43.8 Å². The number of halogens is 5. The molecule has 0 saturated carbocycles. The molecule has 56 heavy (non-hydrogen) atoms. The summed E-state index contributed by atoms with van der Waals surface area (Å²) in [6, 6.07) is 23.8. The third-order valence-corrected chi connectivity index (χ3v) is 14.4. The second kappa shape index (κ2) is 19.7. The zero-order valence-corrected chi connectivity index (χ0v) is 35.8. The van der Waals surface area contributed by atoms with Gasteiger partial charge in [-0.05, 0) is 92.3 Å². The smallest absolute Gasteiger partial charge is 0.243 e. The van der Waals surface area contributed by atoms with E-state index in [2.05, 4.69) is 10.6 Å². The number of aryl methyl sites for hydroxylation is 1. The molecule has 2 fully saturated rings. The fourth-order valence-corrected chi connectivity index (χ4v) is 10.9. The van der Waals surface area contributed by atoms with Crippen LogP contribution >= 0.6 is 58.0 Å². The second-order valence-corrected chi connectivity index (χ2v) is 19.7. The maximum absolute atomic E-state index is 12.8. The third-order valence-electron chi connectivity index (χ3n) is 9.56. The van der Waals surface area contributed by atoms with Gasteiger partial charge in [0, 0.05) is 76.2 Å². The number of hydrogen-bond donors (Lipinski definition) is 2. The van der Waals surface area contributed by atoms with Gasteiger partial charge in [0.25, 0.3) is 0 Å². The monoisotopic (exact) mass is 900 g/mol. The van der Waals surface area contributed by atoms with E-state index in [1.165, 1.54) is 50.6 Å². The van der Waals surface area contributed by atoms with E-state index in [4.69, 9.17) is 58.0 Å². The SMILES string of the molecule is Cc1ccc(CNC(=O)C2CCN(S(=O)(=O)c3cc(Cl)cc(Cl)c3)CC2)cc1.O=C(NCc1ccc(Cl)cc1)C1CCN(S(=O)(=O)c2cc(Cl)cc(Cl)c2)CC1. The van der Waals surface area contributed by atoms with Gasteiger partial charge in [-0.2, -0.15) is 8.61 Å². The van der Waals surface area contributed by atoms with Gasteiger partial charge in [-0.1, -0.05) is 100.0 Å². The van der Waals surface area contributed by atoms with Crippen molar-refractivity contribution in [3.8, 4) is 0 Å². The van der Waals surface area contributed by atoms with E-state index in [-0.39, 0.29) is 79.7 Å². The summed E-state index contributed by atoms with van der Waals surface area (Å²) in [5, 5.41) is 7.57. The van der Waals surface area contributed by atoms with Crippen molar-refractivity contribution in [2.75, 3.05) is 26.2 Å². The molecule has 0 aliphatic carbocycles.